The van der Waals surface area contributed by atoms with Crippen molar-refractivity contribution in [1.82, 2.24) is 15.5 Å². The lowest BCUT2D eigenvalue weighted by molar-refractivity contribution is -0.0798. The minimum atomic E-state index is -0.906. The predicted molar refractivity (Wildman–Crippen MR) is 157 cm³/mol. The Morgan fingerprint density at radius 2 is 1.82 bits per heavy atom. The van der Waals surface area contributed by atoms with Crippen LogP contribution in [0.25, 0.3) is 28.2 Å². The third-order valence-electron chi connectivity index (χ3n) is 8.70. The van der Waals surface area contributed by atoms with Gasteiger partial charge in [-0.2, -0.15) is 0 Å². The molecule has 8 nitrogen and oxygen atoms in total. The fraction of sp³-hybridized carbons (Fsp3) is 0.469. The number of hydrogen-bond donors (Lipinski definition) is 2. The number of carbonyl (C=O) groups is 1. The van der Waals surface area contributed by atoms with Crippen molar-refractivity contribution in [2.75, 3.05) is 38.2 Å². The lowest BCUT2D eigenvalue weighted by Crippen LogP contribution is -2.50. The molecule has 0 spiro atoms. The van der Waals surface area contributed by atoms with Gasteiger partial charge >= 0.3 is 12.0 Å². The average Bonchev–Trinajstić information content (AvgIpc) is 3.50. The molecular formula is C32H40N4O4. The van der Waals surface area contributed by atoms with Gasteiger partial charge in [-0.05, 0) is 84.7 Å². The summed E-state index contributed by atoms with van der Waals surface area (Å²) in [7, 11) is 1.86. The lowest BCUT2D eigenvalue weighted by Gasteiger charge is -2.45. The van der Waals surface area contributed by atoms with Gasteiger partial charge in [0.05, 0.1) is 11.2 Å². The van der Waals surface area contributed by atoms with Crippen LogP contribution in [0.15, 0.2) is 53.0 Å². The van der Waals surface area contributed by atoms with Crippen molar-refractivity contribution < 1.29 is 19.1 Å². The third kappa shape index (κ3) is 5.69. The summed E-state index contributed by atoms with van der Waals surface area (Å²) in [6, 6.07) is 14.1. The second-order valence-electron chi connectivity index (χ2n) is 10.9. The third-order valence-corrected chi connectivity index (χ3v) is 8.70. The zero-order chi connectivity index (χ0) is 28.1. The molecule has 2 N–H and O–H groups in total. The molecule has 0 aliphatic carbocycles. The Morgan fingerprint density at radius 1 is 1.10 bits per heavy atom. The van der Waals surface area contributed by atoms with Crippen LogP contribution in [0, 0.1) is 5.92 Å². The van der Waals surface area contributed by atoms with Crippen LogP contribution in [0.2, 0.25) is 0 Å². The quantitative estimate of drug-likeness (QED) is 0.307. The van der Waals surface area contributed by atoms with E-state index in [9.17, 15) is 9.90 Å². The molecule has 8 heteroatoms. The summed E-state index contributed by atoms with van der Waals surface area (Å²) in [5.41, 5.74) is 4.94. The fourth-order valence-electron chi connectivity index (χ4n) is 6.35. The van der Waals surface area contributed by atoms with Gasteiger partial charge in [-0.25, -0.2) is 4.79 Å². The number of nitrogens with zero attached hydrogens (tertiary/aromatic N) is 3. The predicted octanol–water partition coefficient (Wildman–Crippen LogP) is 6.29. The van der Waals surface area contributed by atoms with Crippen LogP contribution in [-0.4, -0.2) is 60.2 Å². The summed E-state index contributed by atoms with van der Waals surface area (Å²) in [6.07, 6.45) is 8.27. The molecule has 1 unspecified atom stereocenters. The highest BCUT2D eigenvalue weighted by Gasteiger charge is 2.41. The molecule has 5 rings (SSSR count). The van der Waals surface area contributed by atoms with Crippen molar-refractivity contribution in [1.29, 1.82) is 0 Å². The van der Waals surface area contributed by atoms with Gasteiger partial charge in [0.25, 0.3) is 0 Å². The summed E-state index contributed by atoms with van der Waals surface area (Å²) in [4.78, 5) is 14.0. The number of rotatable bonds is 10. The highest BCUT2D eigenvalue weighted by Crippen LogP contribution is 2.39. The first-order chi connectivity index (χ1) is 19.5. The van der Waals surface area contributed by atoms with Gasteiger partial charge in [0, 0.05) is 32.3 Å². The Morgan fingerprint density at radius 3 is 2.45 bits per heavy atom. The van der Waals surface area contributed by atoms with Gasteiger partial charge in [0.1, 0.15) is 0 Å². The molecule has 2 aromatic carbocycles. The lowest BCUT2D eigenvalue weighted by atomic mass is 9.75. The number of methoxy groups -OCH3 is 1. The van der Waals surface area contributed by atoms with Crippen molar-refractivity contribution >= 4 is 17.6 Å². The van der Waals surface area contributed by atoms with E-state index in [2.05, 4.69) is 40.3 Å². The van der Waals surface area contributed by atoms with Gasteiger partial charge < -0.3 is 24.5 Å². The first-order valence-corrected chi connectivity index (χ1v) is 14.5. The van der Waals surface area contributed by atoms with Crippen LogP contribution in [0.1, 0.15) is 68.3 Å². The zero-order valence-electron chi connectivity index (χ0n) is 23.8. The second-order valence-corrected chi connectivity index (χ2v) is 10.9. The molecule has 0 bridgehead atoms. The number of nitrogens with one attached hydrogen (secondary N) is 1. The molecule has 3 heterocycles. The number of aromatic carboxylic acids is 1. The first kappa shape index (κ1) is 28.1. The van der Waals surface area contributed by atoms with E-state index in [0.717, 1.165) is 79.7 Å². The van der Waals surface area contributed by atoms with E-state index in [1.165, 1.54) is 12.8 Å². The number of anilines is 1. The topological polar surface area (TPSA) is 101 Å². The normalized spacial score (nSPS) is 17.9. The molecule has 1 atom stereocenters. The summed E-state index contributed by atoms with van der Waals surface area (Å²) in [6.45, 7) is 7.76. The number of ether oxygens (including phenoxy) is 1. The van der Waals surface area contributed by atoms with E-state index < -0.39 is 5.97 Å². The number of carboxylic acid groups (broad SMARTS) is 1. The Balaban J connectivity index is 1.30. The average molecular weight is 545 g/mol. The van der Waals surface area contributed by atoms with Crippen molar-refractivity contribution in [2.24, 2.45) is 5.92 Å². The molecule has 1 saturated heterocycles. The summed E-state index contributed by atoms with van der Waals surface area (Å²) < 4.78 is 12.2. The molecule has 1 fully saturated rings. The van der Waals surface area contributed by atoms with E-state index in [4.69, 9.17) is 9.15 Å². The van der Waals surface area contributed by atoms with Gasteiger partial charge in [0.15, 0.2) is 0 Å². The Hall–Kier alpha value is -3.49. The number of aromatic nitrogens is 2. The number of carboxylic acids is 1. The van der Waals surface area contributed by atoms with E-state index in [0.29, 0.717) is 23.4 Å². The van der Waals surface area contributed by atoms with Crippen LogP contribution in [0.3, 0.4) is 0 Å². The van der Waals surface area contributed by atoms with Crippen molar-refractivity contribution in [2.45, 2.75) is 58.0 Å². The van der Waals surface area contributed by atoms with Crippen molar-refractivity contribution in [3.63, 3.8) is 0 Å². The number of piperidine rings is 1. The highest BCUT2D eigenvalue weighted by molar-refractivity contribution is 5.95. The van der Waals surface area contributed by atoms with Crippen LogP contribution in [0.5, 0.6) is 0 Å². The summed E-state index contributed by atoms with van der Waals surface area (Å²) >= 11 is 0. The van der Waals surface area contributed by atoms with Crippen LogP contribution in [0.4, 0.5) is 6.01 Å². The first-order valence-electron chi connectivity index (χ1n) is 14.5. The number of benzene rings is 2. The maximum absolute atomic E-state index is 11.9. The van der Waals surface area contributed by atoms with E-state index in [1.54, 1.807) is 6.07 Å². The van der Waals surface area contributed by atoms with Gasteiger partial charge in [0.2, 0.25) is 5.89 Å². The second kappa shape index (κ2) is 12.4. The van der Waals surface area contributed by atoms with E-state index in [-0.39, 0.29) is 5.60 Å². The standard InChI is InChI=1S/C32H40N4O4/c1-4-6-26(5-2)32(39-3)15-19-36(20-16-32)31-35-34-29(40-31)24-9-7-22(8-10-24)25-11-12-27(30(37)38)28(21-25)23-13-17-33-18-14-23/h7-13,21,26,33H,4-6,14-20H2,1-3H3,(H,37,38). The van der Waals surface area contributed by atoms with Gasteiger partial charge in [-0.3, -0.25) is 0 Å². The van der Waals surface area contributed by atoms with Crippen molar-refractivity contribution in [3.05, 3.63) is 59.7 Å². The highest BCUT2D eigenvalue weighted by atomic mass is 16.5. The molecule has 0 amide bonds. The molecule has 40 heavy (non-hydrogen) atoms. The fourth-order valence-corrected chi connectivity index (χ4v) is 6.35. The monoisotopic (exact) mass is 544 g/mol. The van der Waals surface area contributed by atoms with Gasteiger partial charge in [-0.15, -0.1) is 5.10 Å². The van der Waals surface area contributed by atoms with Crippen molar-refractivity contribution in [3.8, 4) is 22.6 Å². The largest absolute Gasteiger partial charge is 0.478 e. The maximum Gasteiger partial charge on any atom is 0.336 e. The minimum Gasteiger partial charge on any atom is -0.478 e. The molecule has 0 radical (unpaired) electrons. The van der Waals surface area contributed by atoms with Crippen LogP contribution < -0.4 is 10.2 Å². The summed E-state index contributed by atoms with van der Waals surface area (Å²) in [5.74, 6) is 0.148. The van der Waals surface area contributed by atoms with Gasteiger partial charge in [-0.1, -0.05) is 56.1 Å². The molecular weight excluding hydrogens is 504 g/mol. The molecule has 0 saturated carbocycles. The minimum absolute atomic E-state index is 0.0765. The smallest absolute Gasteiger partial charge is 0.336 e. The summed E-state index contributed by atoms with van der Waals surface area (Å²) in [5, 5.41) is 21.7. The Labute approximate surface area is 236 Å². The Bertz CT molecular complexity index is 1340. The maximum atomic E-state index is 11.9. The molecule has 1 aromatic heterocycles. The zero-order valence-corrected chi connectivity index (χ0v) is 23.8. The van der Waals surface area contributed by atoms with E-state index in [1.807, 2.05) is 43.5 Å². The SMILES string of the molecule is CCCC(CC)C1(OC)CCN(c2nnc(-c3ccc(-c4ccc(C(=O)O)c(C5=CCNCC5)c4)cc3)o2)CC1. The van der Waals surface area contributed by atoms with Crippen LogP contribution in [-0.2, 0) is 4.74 Å². The van der Waals surface area contributed by atoms with Crippen LogP contribution >= 0.6 is 0 Å². The molecule has 3 aromatic rings. The van der Waals surface area contributed by atoms with E-state index >= 15 is 0 Å². The Kier molecular flexibility index (Phi) is 8.66. The molecule has 2 aliphatic heterocycles. The molecule has 212 valence electrons. The molecule has 2 aliphatic rings. The number of hydrogen-bond acceptors (Lipinski definition) is 7.